The third-order valence-electron chi connectivity index (χ3n) is 13.8. The Hall–Kier alpha value is -1.69. The molecule has 0 aromatic heterocycles. The van der Waals surface area contributed by atoms with Gasteiger partial charge in [-0.05, 0) is 112 Å². The Morgan fingerprint density at radius 2 is 1.60 bits per heavy atom. The van der Waals surface area contributed by atoms with Crippen molar-refractivity contribution in [1.82, 2.24) is 0 Å². The molecule has 40 heavy (non-hydrogen) atoms. The second-order valence-corrected chi connectivity index (χ2v) is 16.3. The van der Waals surface area contributed by atoms with Gasteiger partial charge in [-0.3, -0.25) is 14.4 Å². The minimum Gasteiger partial charge on any atom is -0.462 e. The van der Waals surface area contributed by atoms with Crippen LogP contribution in [0.15, 0.2) is 12.2 Å². The Morgan fingerprint density at radius 3 is 2.25 bits per heavy atom. The number of esters is 2. The number of carbonyl (C=O) groups is 3. The number of hydrogen-bond acceptors (Lipinski definition) is 6. The van der Waals surface area contributed by atoms with Crippen LogP contribution in [0.4, 0.5) is 0 Å². The average Bonchev–Trinajstić information content (AvgIpc) is 3.20. The Morgan fingerprint density at radius 1 is 0.925 bits per heavy atom. The van der Waals surface area contributed by atoms with Crippen molar-refractivity contribution in [2.45, 2.75) is 137 Å². The third kappa shape index (κ3) is 3.40. The van der Waals surface area contributed by atoms with Gasteiger partial charge in [0.05, 0.1) is 11.7 Å². The fourth-order valence-corrected chi connectivity index (χ4v) is 12.0. The van der Waals surface area contributed by atoms with E-state index in [1.165, 1.54) is 20.3 Å². The van der Waals surface area contributed by atoms with Crippen molar-refractivity contribution in [3.05, 3.63) is 12.2 Å². The van der Waals surface area contributed by atoms with E-state index in [1.54, 1.807) is 0 Å². The number of ketones is 1. The molecule has 222 valence electrons. The largest absolute Gasteiger partial charge is 0.462 e. The van der Waals surface area contributed by atoms with Crippen molar-refractivity contribution < 1.29 is 28.6 Å². The van der Waals surface area contributed by atoms with Crippen molar-refractivity contribution in [2.75, 3.05) is 0 Å². The summed E-state index contributed by atoms with van der Waals surface area (Å²) in [5.41, 5.74) is -1.25. The molecule has 1 saturated heterocycles. The molecule has 6 nitrogen and oxygen atoms in total. The molecule has 0 radical (unpaired) electrons. The van der Waals surface area contributed by atoms with E-state index in [2.05, 4.69) is 40.7 Å². The predicted molar refractivity (Wildman–Crippen MR) is 151 cm³/mol. The van der Waals surface area contributed by atoms with E-state index in [4.69, 9.17) is 14.2 Å². The van der Waals surface area contributed by atoms with Crippen LogP contribution in [-0.4, -0.2) is 41.1 Å². The molecule has 2 spiro atoms. The maximum atomic E-state index is 12.9. The van der Waals surface area contributed by atoms with E-state index >= 15 is 0 Å². The second kappa shape index (κ2) is 8.23. The number of fused-ring (bicyclic) bond motifs is 2. The van der Waals surface area contributed by atoms with Crippen LogP contribution in [0.5, 0.6) is 0 Å². The zero-order valence-corrected chi connectivity index (χ0v) is 26.1. The lowest BCUT2D eigenvalue weighted by atomic mass is 9.42. The first kappa shape index (κ1) is 28.4. The summed E-state index contributed by atoms with van der Waals surface area (Å²) < 4.78 is 18.9. The third-order valence-corrected chi connectivity index (χ3v) is 13.8. The van der Waals surface area contributed by atoms with Gasteiger partial charge in [0.25, 0.3) is 0 Å². The summed E-state index contributed by atoms with van der Waals surface area (Å²) in [6, 6.07) is 0. The maximum absolute atomic E-state index is 12.9. The smallest absolute Gasteiger partial charge is 0.303 e. The highest BCUT2D eigenvalue weighted by atomic mass is 16.6. The van der Waals surface area contributed by atoms with Crippen molar-refractivity contribution >= 4 is 17.7 Å². The van der Waals surface area contributed by atoms with Gasteiger partial charge in [0.15, 0.2) is 5.78 Å². The predicted octanol–water partition coefficient (Wildman–Crippen LogP) is 6.59. The molecule has 5 fully saturated rings. The monoisotopic (exact) mass is 554 g/mol. The van der Waals surface area contributed by atoms with Crippen LogP contribution in [0.3, 0.4) is 0 Å². The van der Waals surface area contributed by atoms with Crippen molar-refractivity contribution in [3.8, 4) is 0 Å². The molecule has 1 heterocycles. The SMILES string of the molecule is CC(=O)O[C@H]1C[C@@]2(C)C3CCC4C(C)(C)C(=O)C=C[C@@]45C[C@@]35CC[C@]2(C)C1C1(C)CC[C@H](C(C)(C)OC(C)=O)O1. The number of allylic oxidation sites excluding steroid dienone is 2. The van der Waals surface area contributed by atoms with Crippen LogP contribution in [0.25, 0.3) is 0 Å². The normalized spacial score (nSPS) is 50.3. The Balaban J connectivity index is 1.37. The fraction of sp³-hybridized carbons (Fsp3) is 0.853. The molecule has 0 aromatic rings. The number of hydrogen-bond donors (Lipinski definition) is 0. The molecule has 6 aliphatic rings. The molecule has 0 bridgehead atoms. The minimum atomic E-state index is -0.726. The Labute approximate surface area is 240 Å². The highest BCUT2D eigenvalue weighted by molar-refractivity contribution is 5.96. The van der Waals surface area contributed by atoms with Gasteiger partial charge in [-0.15, -0.1) is 0 Å². The number of carbonyl (C=O) groups excluding carboxylic acids is 3. The summed E-state index contributed by atoms with van der Waals surface area (Å²) in [5.74, 6) is 0.735. The highest BCUT2D eigenvalue weighted by Gasteiger charge is 2.83. The van der Waals surface area contributed by atoms with Crippen LogP contribution in [0.1, 0.15) is 114 Å². The molecule has 0 N–H and O–H groups in total. The van der Waals surface area contributed by atoms with E-state index in [0.29, 0.717) is 11.8 Å². The van der Waals surface area contributed by atoms with Crippen LogP contribution in [-0.2, 0) is 28.6 Å². The molecular weight excluding hydrogens is 504 g/mol. The first-order valence-corrected chi connectivity index (χ1v) is 15.7. The summed E-state index contributed by atoms with van der Waals surface area (Å²) in [6.07, 6.45) is 11.9. The Kier molecular flexibility index (Phi) is 5.85. The van der Waals surface area contributed by atoms with E-state index in [9.17, 15) is 14.4 Å². The van der Waals surface area contributed by atoms with Gasteiger partial charge in [-0.2, -0.15) is 0 Å². The van der Waals surface area contributed by atoms with Gasteiger partial charge in [0.2, 0.25) is 0 Å². The summed E-state index contributed by atoms with van der Waals surface area (Å²) in [4.78, 5) is 37.3. The first-order chi connectivity index (χ1) is 18.4. The van der Waals surface area contributed by atoms with Crippen LogP contribution in [0, 0.1) is 44.8 Å². The molecule has 4 saturated carbocycles. The molecule has 1 aliphatic heterocycles. The summed E-state index contributed by atoms with van der Waals surface area (Å²) in [6.45, 7) is 18.4. The lowest BCUT2D eigenvalue weighted by Gasteiger charge is -2.62. The molecule has 5 aliphatic carbocycles. The van der Waals surface area contributed by atoms with Crippen LogP contribution in [0.2, 0.25) is 0 Å². The minimum absolute atomic E-state index is 0.0141. The van der Waals surface area contributed by atoms with E-state index in [1.807, 2.05) is 19.9 Å². The number of rotatable bonds is 4. The van der Waals surface area contributed by atoms with Crippen LogP contribution < -0.4 is 0 Å². The zero-order chi connectivity index (χ0) is 29.3. The van der Waals surface area contributed by atoms with E-state index < -0.39 is 11.2 Å². The second-order valence-electron chi connectivity index (χ2n) is 16.3. The number of ether oxygens (including phenoxy) is 3. The summed E-state index contributed by atoms with van der Waals surface area (Å²) in [5, 5.41) is 0. The van der Waals surface area contributed by atoms with E-state index in [0.717, 1.165) is 44.9 Å². The van der Waals surface area contributed by atoms with Gasteiger partial charge < -0.3 is 14.2 Å². The van der Waals surface area contributed by atoms with Gasteiger partial charge in [-0.25, -0.2) is 0 Å². The first-order valence-electron chi connectivity index (χ1n) is 15.7. The van der Waals surface area contributed by atoms with Gasteiger partial charge in [0.1, 0.15) is 11.7 Å². The quantitative estimate of drug-likeness (QED) is 0.365. The van der Waals surface area contributed by atoms with Crippen molar-refractivity contribution in [2.24, 2.45) is 44.8 Å². The standard InChI is InChI=1S/C34H50O6/c1-20(35)38-22-18-31(8)24-11-10-23-28(3,4)25(37)12-15-33(23)19-34(24,33)17-16-30(31,7)27(22)32(9)14-13-26(40-32)29(5,6)39-21(2)36/h12,15,22-24,26-27H,10-11,13-14,16-19H2,1-9H3/t22-,23?,24?,26+,27?,30+,31-,32?,33+,34-/m0/s1. The van der Waals surface area contributed by atoms with Gasteiger partial charge in [-0.1, -0.05) is 33.8 Å². The van der Waals surface area contributed by atoms with Crippen LogP contribution >= 0.6 is 0 Å². The topological polar surface area (TPSA) is 78.9 Å². The molecular formula is C34H50O6. The summed E-state index contributed by atoms with van der Waals surface area (Å²) >= 11 is 0. The molecule has 0 aromatic carbocycles. The average molecular weight is 555 g/mol. The maximum Gasteiger partial charge on any atom is 0.303 e. The van der Waals surface area contributed by atoms with Crippen molar-refractivity contribution in [1.29, 1.82) is 0 Å². The van der Waals surface area contributed by atoms with Gasteiger partial charge >= 0.3 is 11.9 Å². The lowest BCUT2D eigenvalue weighted by Crippen LogP contribution is -2.58. The zero-order valence-electron chi connectivity index (χ0n) is 26.1. The fourth-order valence-electron chi connectivity index (χ4n) is 12.0. The highest BCUT2D eigenvalue weighted by Crippen LogP contribution is 2.88. The molecule has 0 amide bonds. The van der Waals surface area contributed by atoms with Gasteiger partial charge in [0, 0.05) is 25.2 Å². The van der Waals surface area contributed by atoms with E-state index in [-0.39, 0.29) is 62.9 Å². The molecule has 6 rings (SSSR count). The summed E-state index contributed by atoms with van der Waals surface area (Å²) in [7, 11) is 0. The molecule has 10 atom stereocenters. The lowest BCUT2D eigenvalue weighted by molar-refractivity contribution is -0.203. The molecule has 4 unspecified atom stereocenters. The Bertz CT molecular complexity index is 1180. The van der Waals surface area contributed by atoms with Crippen molar-refractivity contribution in [3.63, 3.8) is 0 Å². The molecule has 6 heteroatoms.